The number of hydrogen-bond donors (Lipinski definition) is 0. The van der Waals surface area contributed by atoms with Crippen molar-refractivity contribution in [3.63, 3.8) is 0 Å². The Balaban J connectivity index is 1.87. The molecule has 29 heavy (non-hydrogen) atoms. The van der Waals surface area contributed by atoms with Gasteiger partial charge >= 0.3 is 0 Å². The molecule has 0 aliphatic heterocycles. The summed E-state index contributed by atoms with van der Waals surface area (Å²) >= 11 is 0. The van der Waals surface area contributed by atoms with Gasteiger partial charge in [-0.15, -0.1) is 0 Å². The van der Waals surface area contributed by atoms with Crippen LogP contribution in [0.25, 0.3) is 11.1 Å². The van der Waals surface area contributed by atoms with E-state index < -0.39 is 10.0 Å². The lowest BCUT2D eigenvalue weighted by Crippen LogP contribution is -2.34. The van der Waals surface area contributed by atoms with Gasteiger partial charge in [-0.2, -0.15) is 9.57 Å². The van der Waals surface area contributed by atoms with Gasteiger partial charge in [0.2, 0.25) is 10.0 Å². The van der Waals surface area contributed by atoms with Crippen LogP contribution in [0.3, 0.4) is 0 Å². The molecule has 3 rings (SSSR count). The highest BCUT2D eigenvalue weighted by molar-refractivity contribution is 7.89. The van der Waals surface area contributed by atoms with Gasteiger partial charge in [0.05, 0.1) is 17.4 Å². The molecule has 6 heteroatoms. The number of rotatable bonds is 7. The van der Waals surface area contributed by atoms with Gasteiger partial charge < -0.3 is 0 Å². The molecule has 0 bridgehead atoms. The van der Waals surface area contributed by atoms with Gasteiger partial charge in [0.1, 0.15) is 0 Å². The zero-order chi connectivity index (χ0) is 20.9. The fraction of sp³-hybridized carbons (Fsp3) is 0.217. The molecule has 1 aromatic heterocycles. The average Bonchev–Trinajstić information content (AvgIpc) is 2.78. The van der Waals surface area contributed by atoms with E-state index in [2.05, 4.69) is 11.1 Å². The molecule has 1 heterocycles. The summed E-state index contributed by atoms with van der Waals surface area (Å²) in [6.07, 6.45) is 3.37. The molecule has 3 aromatic rings. The Morgan fingerprint density at radius 2 is 1.66 bits per heavy atom. The lowest BCUT2D eigenvalue weighted by molar-refractivity contribution is 0.336. The van der Waals surface area contributed by atoms with E-state index in [0.29, 0.717) is 5.56 Å². The van der Waals surface area contributed by atoms with E-state index in [-0.39, 0.29) is 18.3 Å². The van der Waals surface area contributed by atoms with E-state index in [9.17, 15) is 8.42 Å². The van der Waals surface area contributed by atoms with E-state index in [0.717, 1.165) is 22.3 Å². The molecule has 1 atom stereocenters. The van der Waals surface area contributed by atoms with Gasteiger partial charge in [-0.3, -0.25) is 4.98 Å². The van der Waals surface area contributed by atoms with Crippen molar-refractivity contribution in [3.8, 4) is 17.2 Å². The van der Waals surface area contributed by atoms with E-state index in [1.54, 1.807) is 31.5 Å². The van der Waals surface area contributed by atoms with Gasteiger partial charge in [-0.1, -0.05) is 42.5 Å². The van der Waals surface area contributed by atoms with Gasteiger partial charge in [0.25, 0.3) is 0 Å². The predicted molar refractivity (Wildman–Crippen MR) is 114 cm³/mol. The number of sulfonamides is 1. The van der Waals surface area contributed by atoms with Crippen molar-refractivity contribution >= 4 is 10.0 Å². The highest BCUT2D eigenvalue weighted by atomic mass is 32.2. The van der Waals surface area contributed by atoms with Crippen LogP contribution in [0.4, 0.5) is 0 Å². The molecule has 0 saturated heterocycles. The summed E-state index contributed by atoms with van der Waals surface area (Å²) in [4.78, 5) is 4.09. The maximum atomic E-state index is 12.7. The molecule has 148 valence electrons. The van der Waals surface area contributed by atoms with Gasteiger partial charge in [-0.05, 0) is 54.3 Å². The first kappa shape index (κ1) is 20.7. The van der Waals surface area contributed by atoms with Crippen molar-refractivity contribution in [2.75, 3.05) is 5.75 Å². The topological polar surface area (TPSA) is 74.1 Å². The zero-order valence-electron chi connectivity index (χ0n) is 16.5. The SMILES string of the molecule is CCS(=O)(=O)N(Cc1cccnc1)C(C)c1ccc(-c2ccc(C#N)cc2)cc1. The number of aromatic nitrogens is 1. The van der Waals surface area contributed by atoms with Gasteiger partial charge in [0, 0.05) is 25.0 Å². The molecule has 1 unspecified atom stereocenters. The van der Waals surface area contributed by atoms with Crippen LogP contribution in [0.15, 0.2) is 73.1 Å². The van der Waals surface area contributed by atoms with Crippen LogP contribution >= 0.6 is 0 Å². The van der Waals surface area contributed by atoms with Crippen LogP contribution in [0, 0.1) is 11.3 Å². The van der Waals surface area contributed by atoms with Crippen molar-refractivity contribution in [1.29, 1.82) is 5.26 Å². The third-order valence-electron chi connectivity index (χ3n) is 4.96. The second-order valence-corrected chi connectivity index (χ2v) is 9.00. The molecular weight excluding hydrogens is 382 g/mol. The summed E-state index contributed by atoms with van der Waals surface area (Å²) in [6, 6.07) is 20.8. The van der Waals surface area contributed by atoms with Crippen LogP contribution in [0.1, 0.15) is 36.6 Å². The third-order valence-corrected chi connectivity index (χ3v) is 6.85. The molecule has 0 radical (unpaired) electrons. The largest absolute Gasteiger partial charge is 0.264 e. The summed E-state index contributed by atoms with van der Waals surface area (Å²) in [7, 11) is -3.40. The molecule has 5 nitrogen and oxygen atoms in total. The van der Waals surface area contributed by atoms with E-state index >= 15 is 0 Å². The number of hydrogen-bond acceptors (Lipinski definition) is 4. The van der Waals surface area contributed by atoms with Crippen LogP contribution in [-0.4, -0.2) is 23.5 Å². The highest BCUT2D eigenvalue weighted by Crippen LogP contribution is 2.28. The maximum Gasteiger partial charge on any atom is 0.214 e. The lowest BCUT2D eigenvalue weighted by Gasteiger charge is -2.28. The Morgan fingerprint density at radius 3 is 2.17 bits per heavy atom. The molecule has 0 aliphatic rings. The van der Waals surface area contributed by atoms with E-state index in [1.165, 1.54) is 4.31 Å². The summed E-state index contributed by atoms with van der Waals surface area (Å²) in [5, 5.41) is 8.93. The minimum Gasteiger partial charge on any atom is -0.264 e. The van der Waals surface area contributed by atoms with Crippen molar-refractivity contribution in [2.45, 2.75) is 26.4 Å². The van der Waals surface area contributed by atoms with Crippen LogP contribution in [0.2, 0.25) is 0 Å². The Morgan fingerprint density at radius 1 is 1.03 bits per heavy atom. The Hall–Kier alpha value is -3.01. The quantitative estimate of drug-likeness (QED) is 0.579. The molecule has 0 spiro atoms. The lowest BCUT2D eigenvalue weighted by atomic mass is 10.0. The molecule has 0 amide bonds. The molecule has 0 fully saturated rings. The first-order valence-electron chi connectivity index (χ1n) is 9.43. The van der Waals surface area contributed by atoms with Crippen molar-refractivity contribution in [3.05, 3.63) is 89.7 Å². The number of nitrogens with zero attached hydrogens (tertiary/aromatic N) is 3. The molecule has 0 aliphatic carbocycles. The van der Waals surface area contributed by atoms with Gasteiger partial charge in [0.15, 0.2) is 0 Å². The van der Waals surface area contributed by atoms with Crippen molar-refractivity contribution in [2.24, 2.45) is 0 Å². The predicted octanol–water partition coefficient (Wildman–Crippen LogP) is 4.53. The monoisotopic (exact) mass is 405 g/mol. The van der Waals surface area contributed by atoms with Crippen molar-refractivity contribution < 1.29 is 8.42 Å². The van der Waals surface area contributed by atoms with E-state index in [1.807, 2.05) is 55.5 Å². The first-order valence-corrected chi connectivity index (χ1v) is 11.0. The summed E-state index contributed by atoms with van der Waals surface area (Å²) in [5.41, 5.74) is 4.42. The number of benzene rings is 2. The summed E-state index contributed by atoms with van der Waals surface area (Å²) < 4.78 is 27.0. The third kappa shape index (κ3) is 4.89. The Kier molecular flexibility index (Phi) is 6.42. The van der Waals surface area contributed by atoms with Crippen LogP contribution < -0.4 is 0 Å². The highest BCUT2D eigenvalue weighted by Gasteiger charge is 2.27. The number of pyridine rings is 1. The summed E-state index contributed by atoms with van der Waals surface area (Å²) in [6.45, 7) is 3.84. The van der Waals surface area contributed by atoms with Crippen LogP contribution in [0.5, 0.6) is 0 Å². The Bertz CT molecular complexity index is 1090. The zero-order valence-corrected chi connectivity index (χ0v) is 17.3. The average molecular weight is 406 g/mol. The molecule has 0 saturated carbocycles. The minimum absolute atomic E-state index is 0.0426. The molecular formula is C23H23N3O2S. The summed E-state index contributed by atoms with van der Waals surface area (Å²) in [5.74, 6) is 0.0426. The van der Waals surface area contributed by atoms with Gasteiger partial charge in [-0.25, -0.2) is 8.42 Å². The number of nitriles is 1. The Labute approximate surface area is 172 Å². The van der Waals surface area contributed by atoms with Crippen molar-refractivity contribution in [1.82, 2.24) is 9.29 Å². The van der Waals surface area contributed by atoms with E-state index in [4.69, 9.17) is 5.26 Å². The fourth-order valence-corrected chi connectivity index (χ4v) is 4.45. The smallest absolute Gasteiger partial charge is 0.214 e. The first-order chi connectivity index (χ1) is 13.9. The second-order valence-electron chi connectivity index (χ2n) is 6.79. The second kappa shape index (κ2) is 8.99. The molecule has 0 N–H and O–H groups in total. The standard InChI is InChI=1S/C23H23N3O2S/c1-3-29(27,28)26(17-20-5-4-14-25-16-20)18(2)21-10-12-23(13-11-21)22-8-6-19(15-24)7-9-22/h4-14,16,18H,3,17H2,1-2H3. The normalized spacial score (nSPS) is 12.5. The van der Waals surface area contributed by atoms with Crippen LogP contribution in [-0.2, 0) is 16.6 Å². The fourth-order valence-electron chi connectivity index (χ4n) is 3.17. The minimum atomic E-state index is -3.40. The molecule has 2 aromatic carbocycles. The maximum absolute atomic E-state index is 12.7.